The maximum Gasteiger partial charge on any atom is 0.271 e. The van der Waals surface area contributed by atoms with Gasteiger partial charge in [0.15, 0.2) is 0 Å². The lowest BCUT2D eigenvalue weighted by Gasteiger charge is -2.12. The number of amides is 2. The quantitative estimate of drug-likeness (QED) is 0.272. The molecule has 0 aliphatic rings. The molecule has 3 rings (SSSR count). The van der Waals surface area contributed by atoms with Crippen molar-refractivity contribution in [1.82, 2.24) is 10.9 Å². The summed E-state index contributed by atoms with van der Waals surface area (Å²) in [6, 6.07) is 21.8. The minimum atomic E-state index is -0.289. The number of hydrogen-bond donors (Lipinski definition) is 2. The molecule has 3 aromatic carbocycles. The fourth-order valence-corrected chi connectivity index (χ4v) is 3.05. The molecule has 0 aliphatic heterocycles. The van der Waals surface area contributed by atoms with Gasteiger partial charge in [-0.25, -0.2) is 10.9 Å². The predicted molar refractivity (Wildman–Crippen MR) is 136 cm³/mol. The Bertz CT molecular complexity index is 1140. The second kappa shape index (κ2) is 11.2. The van der Waals surface area contributed by atoms with Gasteiger partial charge in [-0.05, 0) is 88.3 Å². The molecular weight excluding hydrogens is 517 g/mol. The number of halogens is 1. The first-order chi connectivity index (χ1) is 15.4. The zero-order chi connectivity index (χ0) is 22.9. The van der Waals surface area contributed by atoms with Crippen molar-refractivity contribution in [2.75, 3.05) is 19.0 Å². The van der Waals surface area contributed by atoms with E-state index in [4.69, 9.17) is 0 Å². The SMILES string of the molecule is CN(C)c1ccc(C(=O)N/N=C/c2cccc(/C=N/NC(=O)c3ccc(I)cc3)c2)cc1. The van der Waals surface area contributed by atoms with Gasteiger partial charge in [0.2, 0.25) is 0 Å². The lowest BCUT2D eigenvalue weighted by Crippen LogP contribution is -2.18. The van der Waals surface area contributed by atoms with Crippen LogP contribution >= 0.6 is 22.6 Å². The van der Waals surface area contributed by atoms with Crippen molar-refractivity contribution in [3.8, 4) is 0 Å². The number of benzene rings is 3. The van der Waals surface area contributed by atoms with E-state index in [9.17, 15) is 9.59 Å². The largest absolute Gasteiger partial charge is 0.378 e. The number of hydrazone groups is 2. The summed E-state index contributed by atoms with van der Waals surface area (Å²) in [5.74, 6) is -0.570. The van der Waals surface area contributed by atoms with Crippen LogP contribution in [0, 0.1) is 3.57 Å². The third kappa shape index (κ3) is 6.74. The van der Waals surface area contributed by atoms with Crippen LogP contribution < -0.4 is 15.8 Å². The molecule has 0 radical (unpaired) electrons. The summed E-state index contributed by atoms with van der Waals surface area (Å²) in [5, 5.41) is 8.03. The molecule has 0 saturated heterocycles. The second-order valence-electron chi connectivity index (χ2n) is 7.02. The van der Waals surface area contributed by atoms with E-state index in [2.05, 4.69) is 43.6 Å². The van der Waals surface area contributed by atoms with E-state index in [-0.39, 0.29) is 11.8 Å². The molecule has 0 atom stereocenters. The molecule has 0 heterocycles. The van der Waals surface area contributed by atoms with Gasteiger partial charge in [0, 0.05) is 34.5 Å². The van der Waals surface area contributed by atoms with Crippen LogP contribution in [0.2, 0.25) is 0 Å². The van der Waals surface area contributed by atoms with Gasteiger partial charge in [-0.3, -0.25) is 9.59 Å². The molecule has 0 unspecified atom stereocenters. The number of carbonyl (C=O) groups is 2. The van der Waals surface area contributed by atoms with Crippen LogP contribution in [-0.4, -0.2) is 38.3 Å². The smallest absolute Gasteiger partial charge is 0.271 e. The Morgan fingerprint density at radius 1 is 0.781 bits per heavy atom. The molecule has 32 heavy (non-hydrogen) atoms. The number of rotatable bonds is 7. The van der Waals surface area contributed by atoms with Crippen LogP contribution in [-0.2, 0) is 0 Å². The molecule has 162 valence electrons. The summed E-state index contributed by atoms with van der Waals surface area (Å²) in [6.07, 6.45) is 3.10. The molecule has 0 spiro atoms. The van der Waals surface area contributed by atoms with Crippen LogP contribution in [0.25, 0.3) is 0 Å². The predicted octanol–water partition coefficient (Wildman–Crippen LogP) is 3.89. The van der Waals surface area contributed by atoms with Crippen LogP contribution in [0.4, 0.5) is 5.69 Å². The van der Waals surface area contributed by atoms with Gasteiger partial charge in [0.1, 0.15) is 0 Å². The molecule has 8 heteroatoms. The molecule has 7 nitrogen and oxygen atoms in total. The summed E-state index contributed by atoms with van der Waals surface area (Å²) in [4.78, 5) is 26.3. The molecule has 0 aliphatic carbocycles. The van der Waals surface area contributed by atoms with Gasteiger partial charge >= 0.3 is 0 Å². The Morgan fingerprint density at radius 3 is 1.72 bits per heavy atom. The first-order valence-corrected chi connectivity index (χ1v) is 10.8. The average molecular weight is 539 g/mol. The van der Waals surface area contributed by atoms with E-state index in [1.165, 1.54) is 0 Å². The van der Waals surface area contributed by atoms with E-state index >= 15 is 0 Å². The summed E-state index contributed by atoms with van der Waals surface area (Å²) in [7, 11) is 3.88. The molecule has 3 aromatic rings. The Balaban J connectivity index is 1.55. The highest BCUT2D eigenvalue weighted by atomic mass is 127. The molecule has 0 saturated carbocycles. The Morgan fingerprint density at radius 2 is 1.25 bits per heavy atom. The fraction of sp³-hybridized carbons (Fsp3) is 0.0833. The van der Waals surface area contributed by atoms with Crippen molar-refractivity contribution in [2.24, 2.45) is 10.2 Å². The van der Waals surface area contributed by atoms with Crippen molar-refractivity contribution in [3.05, 3.63) is 98.6 Å². The van der Waals surface area contributed by atoms with Crippen molar-refractivity contribution < 1.29 is 9.59 Å². The first-order valence-electron chi connectivity index (χ1n) is 9.72. The van der Waals surface area contributed by atoms with Gasteiger partial charge in [0.25, 0.3) is 11.8 Å². The number of nitrogens with one attached hydrogen (secondary N) is 2. The number of hydrogen-bond acceptors (Lipinski definition) is 5. The average Bonchev–Trinajstić information content (AvgIpc) is 2.79. The Hall–Kier alpha value is -3.53. The highest BCUT2D eigenvalue weighted by Crippen LogP contribution is 2.12. The molecule has 0 bridgehead atoms. The van der Waals surface area contributed by atoms with Crippen molar-refractivity contribution in [2.45, 2.75) is 0 Å². The summed E-state index contributed by atoms with van der Waals surface area (Å²) < 4.78 is 1.06. The van der Waals surface area contributed by atoms with E-state index in [0.717, 1.165) is 20.4 Å². The van der Waals surface area contributed by atoms with E-state index in [0.29, 0.717) is 11.1 Å². The van der Waals surface area contributed by atoms with Crippen LogP contribution in [0.3, 0.4) is 0 Å². The minimum absolute atomic E-state index is 0.281. The van der Waals surface area contributed by atoms with Gasteiger partial charge in [0.05, 0.1) is 12.4 Å². The van der Waals surface area contributed by atoms with E-state index in [1.54, 1.807) is 36.7 Å². The molecule has 2 amide bonds. The Kier molecular flexibility index (Phi) is 8.09. The van der Waals surface area contributed by atoms with Crippen LogP contribution in [0.5, 0.6) is 0 Å². The molecular formula is C24H22IN5O2. The third-order valence-corrected chi connectivity index (χ3v) is 5.14. The number of anilines is 1. The molecule has 2 N–H and O–H groups in total. The summed E-state index contributed by atoms with van der Waals surface area (Å²) >= 11 is 2.18. The van der Waals surface area contributed by atoms with Crippen molar-refractivity contribution in [3.63, 3.8) is 0 Å². The monoisotopic (exact) mass is 539 g/mol. The highest BCUT2D eigenvalue weighted by Gasteiger charge is 2.05. The first kappa shape index (κ1) is 23.1. The maximum absolute atomic E-state index is 12.2. The van der Waals surface area contributed by atoms with E-state index < -0.39 is 0 Å². The fourth-order valence-electron chi connectivity index (χ4n) is 2.69. The van der Waals surface area contributed by atoms with Gasteiger partial charge < -0.3 is 4.90 Å². The normalized spacial score (nSPS) is 11.0. The third-order valence-electron chi connectivity index (χ3n) is 4.42. The van der Waals surface area contributed by atoms with E-state index in [1.807, 2.05) is 67.5 Å². The number of carbonyl (C=O) groups excluding carboxylic acids is 2. The standard InChI is InChI=1S/C24H22IN5O2/c1-30(2)22-12-8-20(9-13-22)24(32)29-27-16-18-5-3-4-17(14-18)15-26-28-23(31)19-6-10-21(25)11-7-19/h3-16H,1-2H3,(H,28,31)(H,29,32)/b26-15+,27-16+. The Labute approximate surface area is 200 Å². The summed E-state index contributed by atoms with van der Waals surface area (Å²) in [6.45, 7) is 0. The second-order valence-corrected chi connectivity index (χ2v) is 8.26. The van der Waals surface area contributed by atoms with Gasteiger partial charge in [-0.2, -0.15) is 10.2 Å². The maximum atomic E-state index is 12.2. The summed E-state index contributed by atoms with van der Waals surface area (Å²) in [5.41, 5.74) is 8.66. The molecule has 0 fully saturated rings. The van der Waals surface area contributed by atoms with Crippen LogP contribution in [0.1, 0.15) is 31.8 Å². The lowest BCUT2D eigenvalue weighted by atomic mass is 10.1. The highest BCUT2D eigenvalue weighted by molar-refractivity contribution is 14.1. The van der Waals surface area contributed by atoms with Crippen LogP contribution in [0.15, 0.2) is 83.0 Å². The lowest BCUT2D eigenvalue weighted by molar-refractivity contribution is 0.0947. The van der Waals surface area contributed by atoms with Crippen molar-refractivity contribution >= 4 is 52.5 Å². The van der Waals surface area contributed by atoms with Gasteiger partial charge in [-0.15, -0.1) is 0 Å². The topological polar surface area (TPSA) is 86.2 Å². The minimum Gasteiger partial charge on any atom is -0.378 e. The van der Waals surface area contributed by atoms with Gasteiger partial charge in [-0.1, -0.05) is 18.2 Å². The zero-order valence-electron chi connectivity index (χ0n) is 17.6. The zero-order valence-corrected chi connectivity index (χ0v) is 19.8. The van der Waals surface area contributed by atoms with Crippen molar-refractivity contribution in [1.29, 1.82) is 0 Å². The molecule has 0 aromatic heterocycles. The number of nitrogens with zero attached hydrogens (tertiary/aromatic N) is 3.